The lowest BCUT2D eigenvalue weighted by Crippen LogP contribution is -2.53. The predicted molar refractivity (Wildman–Crippen MR) is 64.8 cm³/mol. The largest absolute Gasteiger partial charge is 0.481 e. The molecule has 0 heterocycles. The molecular formula is C14H17NO2. The maximum Gasteiger partial charge on any atom is 0.310 e. The van der Waals surface area contributed by atoms with Crippen molar-refractivity contribution in [1.29, 1.82) is 0 Å². The molecule has 1 aromatic carbocycles. The summed E-state index contributed by atoms with van der Waals surface area (Å²) in [7, 11) is 0. The number of aryl methyl sites for hydroxylation is 1. The van der Waals surface area contributed by atoms with Crippen LogP contribution in [0.5, 0.6) is 0 Å². The van der Waals surface area contributed by atoms with Gasteiger partial charge in [0.25, 0.3) is 0 Å². The van der Waals surface area contributed by atoms with E-state index in [0.717, 1.165) is 12.8 Å². The smallest absolute Gasteiger partial charge is 0.310 e. The minimum absolute atomic E-state index is 0.0684. The molecule has 2 aliphatic carbocycles. The lowest BCUT2D eigenvalue weighted by Gasteiger charge is -2.47. The molecule has 0 saturated heterocycles. The Hall–Kier alpha value is -1.35. The van der Waals surface area contributed by atoms with Crippen LogP contribution in [0.1, 0.15) is 36.3 Å². The molecule has 3 rings (SSSR count). The molecule has 0 aromatic heterocycles. The number of carbonyl (C=O) groups is 1. The quantitative estimate of drug-likeness (QED) is 0.817. The van der Waals surface area contributed by atoms with Crippen molar-refractivity contribution in [3.63, 3.8) is 0 Å². The van der Waals surface area contributed by atoms with Gasteiger partial charge < -0.3 is 10.8 Å². The van der Waals surface area contributed by atoms with Crippen LogP contribution in [0.25, 0.3) is 0 Å². The molecule has 0 spiro atoms. The van der Waals surface area contributed by atoms with Gasteiger partial charge in [0.05, 0.1) is 5.41 Å². The molecule has 3 N–H and O–H groups in total. The standard InChI is InChI=1S/C14H17NO2/c15-10-7-14(8-10,13(16)17)12-6-5-9-3-1-2-4-11(9)12/h1-4,10,12H,5-8,15H2,(H,16,17). The molecule has 17 heavy (non-hydrogen) atoms. The summed E-state index contributed by atoms with van der Waals surface area (Å²) in [6.07, 6.45) is 3.21. The average Bonchev–Trinajstić information content (AvgIpc) is 2.68. The third-order valence-corrected chi connectivity index (χ3v) is 4.48. The first-order valence-corrected chi connectivity index (χ1v) is 6.20. The lowest BCUT2D eigenvalue weighted by molar-refractivity contribution is -0.158. The number of carboxylic acids is 1. The van der Waals surface area contributed by atoms with E-state index < -0.39 is 11.4 Å². The molecule has 2 aliphatic rings. The molecular weight excluding hydrogens is 214 g/mol. The van der Waals surface area contributed by atoms with Gasteiger partial charge >= 0.3 is 5.97 Å². The second-order valence-corrected chi connectivity index (χ2v) is 5.42. The van der Waals surface area contributed by atoms with Crippen molar-refractivity contribution >= 4 is 5.97 Å². The fourth-order valence-corrected chi connectivity index (χ4v) is 3.62. The van der Waals surface area contributed by atoms with Crippen LogP contribution in [0.3, 0.4) is 0 Å². The summed E-state index contributed by atoms with van der Waals surface area (Å²) in [5.41, 5.74) is 7.78. The van der Waals surface area contributed by atoms with Crippen molar-refractivity contribution in [1.82, 2.24) is 0 Å². The molecule has 0 aliphatic heterocycles. The van der Waals surface area contributed by atoms with E-state index in [0.29, 0.717) is 12.8 Å². The normalized spacial score (nSPS) is 35.1. The molecule has 1 saturated carbocycles. The third-order valence-electron chi connectivity index (χ3n) is 4.48. The minimum Gasteiger partial charge on any atom is -0.481 e. The first-order chi connectivity index (χ1) is 8.13. The van der Waals surface area contributed by atoms with Gasteiger partial charge in [-0.25, -0.2) is 0 Å². The van der Waals surface area contributed by atoms with Crippen molar-refractivity contribution < 1.29 is 9.90 Å². The van der Waals surface area contributed by atoms with Crippen molar-refractivity contribution in [2.75, 3.05) is 0 Å². The average molecular weight is 231 g/mol. The van der Waals surface area contributed by atoms with E-state index >= 15 is 0 Å². The zero-order valence-electron chi connectivity index (χ0n) is 9.73. The van der Waals surface area contributed by atoms with Gasteiger partial charge in [-0.05, 0) is 36.8 Å². The Morgan fingerprint density at radius 1 is 1.35 bits per heavy atom. The van der Waals surface area contributed by atoms with E-state index in [4.69, 9.17) is 5.73 Å². The Morgan fingerprint density at radius 2 is 2.06 bits per heavy atom. The topological polar surface area (TPSA) is 63.3 Å². The maximum absolute atomic E-state index is 11.6. The summed E-state index contributed by atoms with van der Waals surface area (Å²) < 4.78 is 0. The third kappa shape index (κ3) is 1.42. The van der Waals surface area contributed by atoms with Crippen molar-refractivity contribution in [2.24, 2.45) is 11.1 Å². The Labute approximate surface area is 101 Å². The maximum atomic E-state index is 11.6. The van der Waals surface area contributed by atoms with Gasteiger partial charge in [0.2, 0.25) is 0 Å². The number of carboxylic acid groups (broad SMARTS) is 1. The monoisotopic (exact) mass is 231 g/mol. The predicted octanol–water partition coefficient (Wildman–Crippen LogP) is 1.91. The zero-order valence-corrected chi connectivity index (χ0v) is 9.73. The number of fused-ring (bicyclic) bond motifs is 1. The minimum atomic E-state index is -0.666. The fourth-order valence-electron chi connectivity index (χ4n) is 3.62. The van der Waals surface area contributed by atoms with Crippen LogP contribution in [0, 0.1) is 5.41 Å². The van der Waals surface area contributed by atoms with E-state index in [-0.39, 0.29) is 12.0 Å². The summed E-state index contributed by atoms with van der Waals surface area (Å²) in [5, 5.41) is 9.53. The number of rotatable bonds is 2. The first kappa shape index (κ1) is 10.8. The van der Waals surface area contributed by atoms with Crippen LogP contribution in [-0.4, -0.2) is 17.1 Å². The summed E-state index contributed by atoms with van der Waals surface area (Å²) in [6.45, 7) is 0. The Kier molecular flexibility index (Phi) is 2.26. The van der Waals surface area contributed by atoms with Crippen LogP contribution < -0.4 is 5.73 Å². The molecule has 0 amide bonds. The van der Waals surface area contributed by atoms with E-state index in [1.807, 2.05) is 12.1 Å². The van der Waals surface area contributed by atoms with Crippen molar-refractivity contribution in [3.05, 3.63) is 35.4 Å². The van der Waals surface area contributed by atoms with Gasteiger partial charge in [-0.2, -0.15) is 0 Å². The van der Waals surface area contributed by atoms with Crippen LogP contribution in [0.15, 0.2) is 24.3 Å². The van der Waals surface area contributed by atoms with Gasteiger partial charge in [0, 0.05) is 12.0 Å². The number of aliphatic carboxylic acids is 1. The van der Waals surface area contributed by atoms with Crippen LogP contribution in [-0.2, 0) is 11.2 Å². The second kappa shape index (κ2) is 3.57. The summed E-state index contributed by atoms with van der Waals surface area (Å²) >= 11 is 0. The Bertz CT molecular complexity index is 463. The highest BCUT2D eigenvalue weighted by Gasteiger charge is 2.55. The van der Waals surface area contributed by atoms with Crippen molar-refractivity contribution in [2.45, 2.75) is 37.6 Å². The van der Waals surface area contributed by atoms with Crippen molar-refractivity contribution in [3.8, 4) is 0 Å². The first-order valence-electron chi connectivity index (χ1n) is 6.20. The van der Waals surface area contributed by atoms with Gasteiger partial charge in [0.15, 0.2) is 0 Å². The van der Waals surface area contributed by atoms with Gasteiger partial charge in [0.1, 0.15) is 0 Å². The number of hydrogen-bond acceptors (Lipinski definition) is 2. The van der Waals surface area contributed by atoms with E-state index in [1.165, 1.54) is 11.1 Å². The van der Waals surface area contributed by atoms with Crippen LogP contribution >= 0.6 is 0 Å². The lowest BCUT2D eigenvalue weighted by atomic mass is 9.57. The molecule has 1 fully saturated rings. The van der Waals surface area contributed by atoms with Gasteiger partial charge in [-0.3, -0.25) is 4.79 Å². The molecule has 0 bridgehead atoms. The zero-order chi connectivity index (χ0) is 12.0. The summed E-state index contributed by atoms with van der Waals surface area (Å²) in [6, 6.07) is 8.30. The Balaban J connectivity index is 1.98. The number of hydrogen-bond donors (Lipinski definition) is 2. The molecule has 90 valence electrons. The fraction of sp³-hybridized carbons (Fsp3) is 0.500. The van der Waals surface area contributed by atoms with Crippen LogP contribution in [0.4, 0.5) is 0 Å². The highest BCUT2D eigenvalue weighted by atomic mass is 16.4. The SMILES string of the molecule is NC1CC(C(=O)O)(C2CCc3ccccc32)C1. The van der Waals surface area contributed by atoms with Gasteiger partial charge in [-0.1, -0.05) is 24.3 Å². The number of benzene rings is 1. The highest BCUT2D eigenvalue weighted by molar-refractivity contribution is 5.78. The molecule has 1 aromatic rings. The molecule has 3 nitrogen and oxygen atoms in total. The van der Waals surface area contributed by atoms with E-state index in [1.54, 1.807) is 0 Å². The molecule has 1 atom stereocenters. The highest BCUT2D eigenvalue weighted by Crippen LogP contribution is 2.55. The summed E-state index contributed by atoms with van der Waals surface area (Å²) in [4.78, 5) is 11.6. The van der Waals surface area contributed by atoms with E-state index in [9.17, 15) is 9.90 Å². The number of nitrogens with two attached hydrogens (primary N) is 1. The van der Waals surface area contributed by atoms with Crippen LogP contribution in [0.2, 0.25) is 0 Å². The molecule has 3 heteroatoms. The Morgan fingerprint density at radius 3 is 2.71 bits per heavy atom. The second-order valence-electron chi connectivity index (χ2n) is 5.42. The van der Waals surface area contributed by atoms with Gasteiger partial charge in [-0.15, -0.1) is 0 Å². The molecule has 0 radical (unpaired) electrons. The summed E-state index contributed by atoms with van der Waals surface area (Å²) in [5.74, 6) is -0.503. The molecule has 1 unspecified atom stereocenters. The van der Waals surface area contributed by atoms with E-state index in [2.05, 4.69) is 12.1 Å².